The van der Waals surface area contributed by atoms with Gasteiger partial charge in [-0.05, 0) is 406 Å². The van der Waals surface area contributed by atoms with Crippen LogP contribution in [0.4, 0.5) is 0 Å². The Bertz CT molecular complexity index is 2560. The Labute approximate surface area is 674 Å². The van der Waals surface area contributed by atoms with Crippen LogP contribution in [0.1, 0.15) is 389 Å². The second-order valence-corrected chi connectivity index (χ2v) is 43.8. The fourth-order valence-electron chi connectivity index (χ4n) is 30.1. The first-order chi connectivity index (χ1) is 52.2. The zero-order valence-corrected chi connectivity index (χ0v) is 75.5. The van der Waals surface area contributed by atoms with Crippen LogP contribution in [-0.2, 0) is 42.6 Å². The Morgan fingerprint density at radius 1 is 0.239 bits per heavy atom. The summed E-state index contributed by atoms with van der Waals surface area (Å²) >= 11 is 0. The van der Waals surface area contributed by atoms with Crippen molar-refractivity contribution in [2.45, 2.75) is 444 Å². The quantitative estimate of drug-likeness (QED) is 0.133. The molecule has 634 valence electrons. The minimum Gasteiger partial charge on any atom is -0.378 e. The number of hydrogen-bond acceptors (Lipinski definition) is 9. The van der Waals surface area contributed by atoms with Gasteiger partial charge >= 0.3 is 0 Å². The number of hydrogen-bond donors (Lipinski definition) is 0. The minimum absolute atomic E-state index is 0.421. The van der Waals surface area contributed by atoms with E-state index in [4.69, 9.17) is 42.6 Å². The van der Waals surface area contributed by atoms with Gasteiger partial charge in [-0.1, -0.05) is 115 Å². The molecule has 21 aliphatic carbocycles. The maximum Gasteiger partial charge on any atom is 0.0681 e. The van der Waals surface area contributed by atoms with E-state index in [-0.39, 0.29) is 0 Å². The molecule has 0 aromatic heterocycles. The molecule has 2 spiro atoms. The Morgan fingerprint density at radius 3 is 1.00 bits per heavy atom. The van der Waals surface area contributed by atoms with Gasteiger partial charge in [-0.15, -0.1) is 0 Å². The van der Waals surface area contributed by atoms with Gasteiger partial charge in [0.25, 0.3) is 0 Å². The molecule has 0 aromatic carbocycles. The van der Waals surface area contributed by atoms with Crippen LogP contribution in [0.25, 0.3) is 0 Å². The summed E-state index contributed by atoms with van der Waals surface area (Å²) in [6.07, 6.45) is 61.1. The molecule has 21 saturated carbocycles. The van der Waals surface area contributed by atoms with Crippen LogP contribution in [-0.4, -0.2) is 114 Å². The van der Waals surface area contributed by atoms with Gasteiger partial charge in [0.05, 0.1) is 54.9 Å². The van der Waals surface area contributed by atoms with Crippen LogP contribution in [0.3, 0.4) is 0 Å². The van der Waals surface area contributed by atoms with E-state index in [2.05, 4.69) is 138 Å². The Hall–Kier alpha value is -0.360. The monoisotopic (exact) mass is 1530 g/mol. The summed E-state index contributed by atoms with van der Waals surface area (Å²) in [6, 6.07) is 0. The third-order valence-corrected chi connectivity index (χ3v) is 35.3. The predicted molar refractivity (Wildman–Crippen MR) is 453 cm³/mol. The van der Waals surface area contributed by atoms with Gasteiger partial charge in [0, 0.05) is 59.5 Å². The number of fused-ring (bicyclic) bond motifs is 17. The van der Waals surface area contributed by atoms with E-state index in [0.717, 1.165) is 148 Å². The van der Waals surface area contributed by atoms with E-state index in [0.29, 0.717) is 98.3 Å². The average Bonchev–Trinajstić information content (AvgIpc) is 1.57. The summed E-state index contributed by atoms with van der Waals surface area (Å²) in [5.74, 6) is 14.0. The molecule has 21 fully saturated rings. The topological polar surface area (TPSA) is 83.1 Å². The third-order valence-electron chi connectivity index (χ3n) is 35.3. The van der Waals surface area contributed by atoms with Gasteiger partial charge in [0.15, 0.2) is 0 Å². The summed E-state index contributed by atoms with van der Waals surface area (Å²) in [7, 11) is 0. The standard InChI is InChI=1S/C14H24O.4C12H22O.C11H20O.C10H18O.C9H16O.C8H14O/c1-4-15-13-11-8-12(14(13,2)3)10-7-5-6-9(10)11;1-5-13-10-9-6-7-12(10,4)8-11(9,2)3;1-4-13-11-9-5-7-10(8-6-9)12(11,2)3;1-4-13-10-11(2,3)8-9-12(10)6-5-7-12;1-4-13-10-11(2,3)6-5-7-12(10)8-9-12;1-2-12-11-9-5-3-6-10(11)8-4-7-9;1-2-11-10-8-4-3-5-9(10)7-6-8;1-2-10-9-7-3-4-8(9)6-5-7;1-2-9-8-6-3-4-7(8)5-6/h9-13H,4-8H2,1-3H3;9-10H,5-8H2,1-4H3;9-11H,4-8H2,1-3H3;2*10H,4-9H2,1-3H3;9-11H,2-8H2,1H3;8-10H,2-7H2,1H3;7-9H,2-6H2,1H3;6-8H,2-5H2,1H3. The lowest BCUT2D eigenvalue weighted by atomic mass is 9.56. The molecule has 0 radical (unpaired) electrons. The molecule has 9 nitrogen and oxygen atoms in total. The average molecular weight is 1530 g/mol. The molecular weight excluding hydrogens is 1350 g/mol. The molecule has 0 aliphatic heterocycles. The molecule has 0 heterocycles. The maximum atomic E-state index is 6.06. The molecule has 9 heteroatoms. The van der Waals surface area contributed by atoms with Gasteiger partial charge in [-0.2, -0.15) is 0 Å². The lowest BCUT2D eigenvalue weighted by Crippen LogP contribution is -2.51. The molecule has 0 amide bonds. The summed E-state index contributed by atoms with van der Waals surface area (Å²) in [5, 5.41) is 0. The largest absolute Gasteiger partial charge is 0.378 e. The van der Waals surface area contributed by atoms with E-state index in [9.17, 15) is 0 Å². The van der Waals surface area contributed by atoms with Crippen molar-refractivity contribution in [3.63, 3.8) is 0 Å². The van der Waals surface area contributed by atoms with Crippen molar-refractivity contribution in [2.75, 3.05) is 59.5 Å². The Morgan fingerprint density at radius 2 is 0.596 bits per heavy atom. The smallest absolute Gasteiger partial charge is 0.0681 e. The van der Waals surface area contributed by atoms with Crippen LogP contribution in [0, 0.1) is 132 Å². The lowest BCUT2D eigenvalue weighted by molar-refractivity contribution is -0.139. The first-order valence-corrected chi connectivity index (χ1v) is 48.7. The molecule has 0 saturated heterocycles. The van der Waals surface area contributed by atoms with Crippen molar-refractivity contribution in [2.24, 2.45) is 132 Å². The first-order valence-electron chi connectivity index (χ1n) is 48.7. The van der Waals surface area contributed by atoms with E-state index >= 15 is 0 Å². The number of ether oxygens (including phenoxy) is 9. The normalized spacial score (nSPS) is 42.8. The summed E-state index contributed by atoms with van der Waals surface area (Å²) in [5.41, 5.74) is 3.96. The van der Waals surface area contributed by atoms with Crippen molar-refractivity contribution in [3.8, 4) is 0 Å². The lowest BCUT2D eigenvalue weighted by Gasteiger charge is -2.53. The van der Waals surface area contributed by atoms with Crippen molar-refractivity contribution < 1.29 is 42.6 Å². The Balaban J connectivity index is 0.000000122. The van der Waals surface area contributed by atoms with E-state index < -0.39 is 0 Å². The molecular formula is C100H180O9. The zero-order valence-electron chi connectivity index (χ0n) is 75.5. The van der Waals surface area contributed by atoms with Crippen molar-refractivity contribution in [3.05, 3.63) is 0 Å². The fourth-order valence-corrected chi connectivity index (χ4v) is 30.1. The van der Waals surface area contributed by atoms with Gasteiger partial charge < -0.3 is 42.6 Å². The molecule has 0 N–H and O–H groups in total. The van der Waals surface area contributed by atoms with Crippen LogP contribution < -0.4 is 0 Å². The van der Waals surface area contributed by atoms with Crippen LogP contribution in [0.2, 0.25) is 0 Å². The van der Waals surface area contributed by atoms with Crippen LogP contribution in [0.5, 0.6) is 0 Å². The summed E-state index contributed by atoms with van der Waals surface area (Å²) < 4.78 is 52.7. The summed E-state index contributed by atoms with van der Waals surface area (Å²) in [4.78, 5) is 0. The highest BCUT2D eigenvalue weighted by Crippen LogP contribution is 2.68. The Kier molecular flexibility index (Phi) is 32.2. The van der Waals surface area contributed by atoms with Crippen molar-refractivity contribution >= 4 is 0 Å². The van der Waals surface area contributed by atoms with Gasteiger partial charge in [0.2, 0.25) is 0 Å². The maximum absolute atomic E-state index is 6.06. The molecule has 21 rings (SSSR count). The van der Waals surface area contributed by atoms with Crippen LogP contribution >= 0.6 is 0 Å². The van der Waals surface area contributed by atoms with Gasteiger partial charge in [-0.25, -0.2) is 0 Å². The molecule has 15 unspecified atom stereocenters. The molecule has 15 atom stereocenters. The van der Waals surface area contributed by atoms with Crippen LogP contribution in [0.15, 0.2) is 0 Å². The van der Waals surface area contributed by atoms with Gasteiger partial charge in [0.1, 0.15) is 0 Å². The fraction of sp³-hybridized carbons (Fsp3) is 1.00. The van der Waals surface area contributed by atoms with Crippen molar-refractivity contribution in [1.82, 2.24) is 0 Å². The highest BCUT2D eigenvalue weighted by atomic mass is 16.5. The second kappa shape index (κ2) is 39.2. The summed E-state index contributed by atoms with van der Waals surface area (Å²) in [6.45, 7) is 53.7. The van der Waals surface area contributed by atoms with E-state index in [1.165, 1.54) is 250 Å². The van der Waals surface area contributed by atoms with E-state index in [1.807, 2.05) is 0 Å². The molecule has 14 bridgehead atoms. The highest BCUT2D eigenvalue weighted by Gasteiger charge is 2.64. The third kappa shape index (κ3) is 20.1. The van der Waals surface area contributed by atoms with Crippen molar-refractivity contribution in [1.29, 1.82) is 0 Å². The molecule has 0 aromatic rings. The van der Waals surface area contributed by atoms with Gasteiger partial charge in [-0.3, -0.25) is 0 Å². The minimum atomic E-state index is 0.421. The SMILES string of the molecule is CCOC1C(C)(C)CCC12CCC2.CCOC1C(C)(C)CCCC12CC2.CCOC1C2CC(C3CCCC32)C1(C)C.CCOC1C2CCC(CC2)C1(C)C.CCOC1C2CCC1(C)CC2(C)C.CCOC1C2CCC1C2.CCOC1C2CCC1CC2.CCOC1C2CCCC1CC2.CCOC1C2CCCC1CCC2. The highest BCUT2D eigenvalue weighted by molar-refractivity contribution is 5.13. The molecule has 109 heavy (non-hydrogen) atoms. The zero-order chi connectivity index (χ0) is 78.2. The first kappa shape index (κ1) is 89.4. The van der Waals surface area contributed by atoms with E-state index in [1.54, 1.807) is 0 Å². The predicted octanol–water partition coefficient (Wildman–Crippen LogP) is 26.3. The second-order valence-electron chi connectivity index (χ2n) is 43.8. The molecule has 21 aliphatic rings. The number of rotatable bonds is 18.